The Kier molecular flexibility index (Phi) is 4.99. The SMILES string of the molecule is CCCC(CN)c1ccc(OC(C)=O)cc1. The molecular weight excluding hydrogens is 202 g/mol. The van der Waals surface area contributed by atoms with Gasteiger partial charge in [0.2, 0.25) is 0 Å². The first-order valence-corrected chi connectivity index (χ1v) is 5.65. The van der Waals surface area contributed by atoms with E-state index in [0.717, 1.165) is 12.8 Å². The van der Waals surface area contributed by atoms with Crippen LogP contribution in [-0.4, -0.2) is 12.5 Å². The van der Waals surface area contributed by atoms with Crippen molar-refractivity contribution in [1.82, 2.24) is 0 Å². The summed E-state index contributed by atoms with van der Waals surface area (Å²) in [5.41, 5.74) is 6.93. The van der Waals surface area contributed by atoms with Gasteiger partial charge in [-0.25, -0.2) is 0 Å². The molecule has 1 atom stereocenters. The van der Waals surface area contributed by atoms with Crippen LogP contribution in [0.15, 0.2) is 24.3 Å². The van der Waals surface area contributed by atoms with E-state index in [2.05, 4.69) is 6.92 Å². The Morgan fingerprint density at radius 3 is 2.44 bits per heavy atom. The van der Waals surface area contributed by atoms with Crippen LogP contribution in [0.4, 0.5) is 0 Å². The minimum absolute atomic E-state index is 0.295. The first kappa shape index (κ1) is 12.7. The third-order valence-corrected chi connectivity index (χ3v) is 2.53. The Balaban J connectivity index is 2.72. The van der Waals surface area contributed by atoms with E-state index in [4.69, 9.17) is 10.5 Å². The third kappa shape index (κ3) is 3.66. The van der Waals surface area contributed by atoms with Crippen molar-refractivity contribution >= 4 is 5.97 Å². The van der Waals surface area contributed by atoms with Gasteiger partial charge < -0.3 is 10.5 Å². The second-order valence-electron chi connectivity index (χ2n) is 3.88. The fourth-order valence-corrected chi connectivity index (χ4v) is 1.74. The molecule has 0 aliphatic rings. The molecule has 0 aliphatic heterocycles. The highest BCUT2D eigenvalue weighted by Crippen LogP contribution is 2.22. The largest absolute Gasteiger partial charge is 0.427 e. The molecule has 0 fully saturated rings. The van der Waals surface area contributed by atoms with Crippen LogP contribution >= 0.6 is 0 Å². The number of carbonyl (C=O) groups is 1. The van der Waals surface area contributed by atoms with Crippen molar-refractivity contribution in [3.63, 3.8) is 0 Å². The van der Waals surface area contributed by atoms with E-state index in [0.29, 0.717) is 18.2 Å². The highest BCUT2D eigenvalue weighted by atomic mass is 16.5. The van der Waals surface area contributed by atoms with Crippen LogP contribution in [0.25, 0.3) is 0 Å². The molecule has 1 aromatic rings. The minimum atomic E-state index is -0.295. The lowest BCUT2D eigenvalue weighted by Crippen LogP contribution is -2.12. The monoisotopic (exact) mass is 221 g/mol. The zero-order valence-electron chi connectivity index (χ0n) is 9.90. The quantitative estimate of drug-likeness (QED) is 0.613. The second-order valence-corrected chi connectivity index (χ2v) is 3.88. The highest BCUT2D eigenvalue weighted by Gasteiger charge is 2.08. The molecule has 0 aromatic heterocycles. The molecule has 0 radical (unpaired) electrons. The van der Waals surface area contributed by atoms with E-state index in [1.54, 1.807) is 0 Å². The van der Waals surface area contributed by atoms with Gasteiger partial charge in [-0.3, -0.25) is 4.79 Å². The first-order chi connectivity index (χ1) is 7.67. The second kappa shape index (κ2) is 6.28. The topological polar surface area (TPSA) is 52.3 Å². The third-order valence-electron chi connectivity index (χ3n) is 2.53. The number of rotatable bonds is 5. The molecule has 1 unspecified atom stereocenters. The molecule has 16 heavy (non-hydrogen) atoms. The van der Waals surface area contributed by atoms with Gasteiger partial charge in [-0.05, 0) is 36.6 Å². The first-order valence-electron chi connectivity index (χ1n) is 5.65. The van der Waals surface area contributed by atoms with Gasteiger partial charge in [0.1, 0.15) is 5.75 Å². The maximum absolute atomic E-state index is 10.7. The van der Waals surface area contributed by atoms with Gasteiger partial charge in [-0.1, -0.05) is 25.5 Å². The summed E-state index contributed by atoms with van der Waals surface area (Å²) < 4.78 is 4.97. The molecule has 0 spiro atoms. The summed E-state index contributed by atoms with van der Waals surface area (Å²) in [5.74, 6) is 0.691. The van der Waals surface area contributed by atoms with Gasteiger partial charge in [0, 0.05) is 6.92 Å². The summed E-state index contributed by atoms with van der Waals surface area (Å²) in [7, 11) is 0. The number of hydrogen-bond donors (Lipinski definition) is 1. The fourth-order valence-electron chi connectivity index (χ4n) is 1.74. The Hall–Kier alpha value is -1.35. The van der Waals surface area contributed by atoms with Crippen molar-refractivity contribution in [1.29, 1.82) is 0 Å². The van der Waals surface area contributed by atoms with Crippen LogP contribution in [0.3, 0.4) is 0 Å². The molecule has 0 saturated carbocycles. The Labute approximate surface area is 96.6 Å². The lowest BCUT2D eigenvalue weighted by molar-refractivity contribution is -0.131. The van der Waals surface area contributed by atoms with Crippen molar-refractivity contribution < 1.29 is 9.53 Å². The molecule has 0 amide bonds. The molecule has 0 bridgehead atoms. The predicted molar refractivity (Wildman–Crippen MR) is 64.5 cm³/mol. The van der Waals surface area contributed by atoms with Crippen LogP contribution in [0, 0.1) is 0 Å². The lowest BCUT2D eigenvalue weighted by Gasteiger charge is -2.14. The van der Waals surface area contributed by atoms with Crippen molar-refractivity contribution in [3.8, 4) is 5.75 Å². The van der Waals surface area contributed by atoms with Crippen molar-refractivity contribution in [3.05, 3.63) is 29.8 Å². The van der Waals surface area contributed by atoms with E-state index < -0.39 is 0 Å². The van der Waals surface area contributed by atoms with Gasteiger partial charge in [-0.2, -0.15) is 0 Å². The van der Waals surface area contributed by atoms with Crippen LogP contribution < -0.4 is 10.5 Å². The Bertz CT molecular complexity index is 332. The number of ether oxygens (including phenoxy) is 1. The molecule has 3 heteroatoms. The standard InChI is InChI=1S/C13H19NO2/c1-3-4-12(9-14)11-5-7-13(8-6-11)16-10(2)15/h5-8,12H,3-4,9,14H2,1-2H3. The zero-order chi connectivity index (χ0) is 12.0. The maximum atomic E-state index is 10.7. The molecule has 0 aliphatic carbocycles. The molecule has 2 N–H and O–H groups in total. The van der Waals surface area contributed by atoms with Crippen LogP contribution in [0.2, 0.25) is 0 Å². The molecular formula is C13H19NO2. The number of esters is 1. The number of carbonyl (C=O) groups excluding carboxylic acids is 1. The molecule has 88 valence electrons. The van der Waals surface area contributed by atoms with Gasteiger partial charge in [0.15, 0.2) is 0 Å². The van der Waals surface area contributed by atoms with Crippen molar-refractivity contribution in [2.45, 2.75) is 32.6 Å². The summed E-state index contributed by atoms with van der Waals surface area (Å²) in [6, 6.07) is 7.58. The van der Waals surface area contributed by atoms with Crippen molar-refractivity contribution in [2.75, 3.05) is 6.54 Å². The molecule has 0 heterocycles. The summed E-state index contributed by atoms with van der Waals surface area (Å²) in [6.07, 6.45) is 2.21. The average Bonchev–Trinajstić information content (AvgIpc) is 2.26. The number of benzene rings is 1. The van der Waals surface area contributed by atoms with Crippen LogP contribution in [0.5, 0.6) is 5.75 Å². The highest BCUT2D eigenvalue weighted by molar-refractivity contribution is 5.69. The summed E-state index contributed by atoms with van der Waals surface area (Å²) in [6.45, 7) is 4.20. The predicted octanol–water partition coefficient (Wildman–Crippen LogP) is 2.45. The Morgan fingerprint density at radius 2 is 2.00 bits per heavy atom. The van der Waals surface area contributed by atoms with E-state index in [1.165, 1.54) is 12.5 Å². The lowest BCUT2D eigenvalue weighted by atomic mass is 9.95. The molecule has 1 rings (SSSR count). The Morgan fingerprint density at radius 1 is 1.38 bits per heavy atom. The van der Waals surface area contributed by atoms with Crippen LogP contribution in [0.1, 0.15) is 38.2 Å². The summed E-state index contributed by atoms with van der Waals surface area (Å²) >= 11 is 0. The average molecular weight is 221 g/mol. The van der Waals surface area contributed by atoms with E-state index in [1.807, 2.05) is 24.3 Å². The van der Waals surface area contributed by atoms with Gasteiger partial charge in [0.25, 0.3) is 0 Å². The fraction of sp³-hybridized carbons (Fsp3) is 0.462. The van der Waals surface area contributed by atoms with Gasteiger partial charge >= 0.3 is 5.97 Å². The minimum Gasteiger partial charge on any atom is -0.427 e. The summed E-state index contributed by atoms with van der Waals surface area (Å²) in [5, 5.41) is 0. The van der Waals surface area contributed by atoms with Gasteiger partial charge in [-0.15, -0.1) is 0 Å². The molecule has 1 aromatic carbocycles. The van der Waals surface area contributed by atoms with Crippen LogP contribution in [-0.2, 0) is 4.79 Å². The van der Waals surface area contributed by atoms with E-state index >= 15 is 0 Å². The van der Waals surface area contributed by atoms with Gasteiger partial charge in [0.05, 0.1) is 0 Å². The smallest absolute Gasteiger partial charge is 0.308 e. The van der Waals surface area contributed by atoms with E-state index in [-0.39, 0.29) is 5.97 Å². The molecule has 3 nitrogen and oxygen atoms in total. The molecule has 0 saturated heterocycles. The van der Waals surface area contributed by atoms with Crippen molar-refractivity contribution in [2.24, 2.45) is 5.73 Å². The summed E-state index contributed by atoms with van der Waals surface area (Å²) in [4.78, 5) is 10.7. The normalized spacial score (nSPS) is 12.2. The zero-order valence-corrected chi connectivity index (χ0v) is 9.90. The van der Waals surface area contributed by atoms with E-state index in [9.17, 15) is 4.79 Å². The number of nitrogens with two attached hydrogens (primary N) is 1. The maximum Gasteiger partial charge on any atom is 0.308 e. The number of hydrogen-bond acceptors (Lipinski definition) is 3.